The van der Waals surface area contributed by atoms with Crippen LogP contribution in [0.3, 0.4) is 0 Å². The van der Waals surface area contributed by atoms with Gasteiger partial charge in [-0.25, -0.2) is 18.4 Å². The highest BCUT2D eigenvalue weighted by Crippen LogP contribution is 2.24. The van der Waals surface area contributed by atoms with Crippen molar-refractivity contribution < 1.29 is 8.42 Å². The lowest BCUT2D eigenvalue weighted by Gasteiger charge is -2.22. The van der Waals surface area contributed by atoms with E-state index in [1.54, 1.807) is 36.7 Å². The van der Waals surface area contributed by atoms with Crippen LogP contribution in [0.2, 0.25) is 0 Å². The van der Waals surface area contributed by atoms with Gasteiger partial charge in [0.15, 0.2) is 9.84 Å². The molecule has 4 aromatic rings. The molecule has 5 rings (SSSR count). The van der Waals surface area contributed by atoms with Gasteiger partial charge in [0.25, 0.3) is 0 Å². The van der Waals surface area contributed by atoms with Crippen molar-refractivity contribution in [1.82, 2.24) is 20.3 Å². The summed E-state index contributed by atoms with van der Waals surface area (Å²) >= 11 is 0. The number of hydrogen-bond donors (Lipinski definition) is 3. The minimum Gasteiger partial charge on any atom is -0.361 e. The summed E-state index contributed by atoms with van der Waals surface area (Å²) in [5.41, 5.74) is 3.84. The van der Waals surface area contributed by atoms with Crippen molar-refractivity contribution in [2.24, 2.45) is 0 Å². The monoisotopic (exact) mass is 459 g/mol. The van der Waals surface area contributed by atoms with E-state index in [-0.39, 0.29) is 5.25 Å². The van der Waals surface area contributed by atoms with E-state index in [2.05, 4.69) is 43.8 Å². The first-order valence-electron chi connectivity index (χ1n) is 11.0. The number of sulfone groups is 1. The van der Waals surface area contributed by atoms with Gasteiger partial charge in [-0.05, 0) is 79.3 Å². The van der Waals surface area contributed by atoms with Crippen LogP contribution in [0.1, 0.15) is 24.0 Å². The molecule has 2 aromatic carbocycles. The molecule has 1 aliphatic rings. The summed E-state index contributed by atoms with van der Waals surface area (Å²) in [5.74, 6) is 0.454. The van der Waals surface area contributed by atoms with Crippen LogP contribution < -0.4 is 10.6 Å². The Morgan fingerprint density at radius 3 is 2.39 bits per heavy atom. The van der Waals surface area contributed by atoms with E-state index in [4.69, 9.17) is 0 Å². The van der Waals surface area contributed by atoms with Crippen LogP contribution in [0.5, 0.6) is 0 Å². The molecule has 0 bridgehead atoms. The summed E-state index contributed by atoms with van der Waals surface area (Å²) in [5, 5.41) is 7.19. The van der Waals surface area contributed by atoms with E-state index in [1.165, 1.54) is 5.39 Å². The summed E-state index contributed by atoms with van der Waals surface area (Å²) < 4.78 is 25.7. The lowest BCUT2D eigenvalue weighted by Crippen LogP contribution is -2.35. The second-order valence-corrected chi connectivity index (χ2v) is 10.4. The van der Waals surface area contributed by atoms with E-state index >= 15 is 0 Å². The number of fused-ring (bicyclic) bond motifs is 1. The highest BCUT2D eigenvalue weighted by molar-refractivity contribution is 7.92. The van der Waals surface area contributed by atoms with E-state index in [9.17, 15) is 8.42 Å². The molecule has 1 fully saturated rings. The van der Waals surface area contributed by atoms with Gasteiger partial charge in [-0.3, -0.25) is 0 Å². The number of nitrogens with one attached hydrogen (secondary N) is 3. The van der Waals surface area contributed by atoms with Crippen LogP contribution in [0.4, 0.5) is 11.6 Å². The molecule has 0 amide bonds. The van der Waals surface area contributed by atoms with Crippen LogP contribution in [-0.4, -0.2) is 41.7 Å². The van der Waals surface area contributed by atoms with Gasteiger partial charge in [-0.1, -0.05) is 18.2 Å². The number of anilines is 2. The minimum atomic E-state index is -3.30. The van der Waals surface area contributed by atoms with Crippen molar-refractivity contribution in [2.75, 3.05) is 18.4 Å². The second kappa shape index (κ2) is 9.17. The first-order chi connectivity index (χ1) is 16.1. The van der Waals surface area contributed by atoms with Gasteiger partial charge in [0.05, 0.1) is 10.1 Å². The standard InChI is InChI=1S/C25H25N5O2S/c31-33(32,23-10-12-26-13-11-23)22-6-4-21(5-7-22)30-25-28-16-19(17-29-25)2-1-18-3-8-24-20(15-18)9-14-27-24/h1-9,14-17,23,26-27H,10-13H2,(H,28,29,30)/b2-1+. The van der Waals surface area contributed by atoms with E-state index in [1.807, 2.05) is 24.4 Å². The molecular formula is C25H25N5O2S. The first-order valence-corrected chi connectivity index (χ1v) is 12.5. The molecule has 0 spiro atoms. The van der Waals surface area contributed by atoms with E-state index < -0.39 is 9.84 Å². The van der Waals surface area contributed by atoms with Gasteiger partial charge < -0.3 is 15.6 Å². The highest BCUT2D eigenvalue weighted by atomic mass is 32.2. The number of benzene rings is 2. The normalized spacial score (nSPS) is 15.3. The third kappa shape index (κ3) is 4.81. The predicted octanol–water partition coefficient (Wildman–Crippen LogP) is 4.40. The quantitative estimate of drug-likeness (QED) is 0.395. The molecule has 0 unspecified atom stereocenters. The van der Waals surface area contributed by atoms with Crippen molar-refractivity contribution in [1.29, 1.82) is 0 Å². The van der Waals surface area contributed by atoms with Crippen LogP contribution in [-0.2, 0) is 9.84 Å². The lowest BCUT2D eigenvalue weighted by atomic mass is 10.1. The molecule has 7 nitrogen and oxygen atoms in total. The molecule has 1 saturated heterocycles. The second-order valence-electron chi connectivity index (χ2n) is 8.14. The maximum absolute atomic E-state index is 12.8. The largest absolute Gasteiger partial charge is 0.361 e. The number of nitrogens with zero attached hydrogens (tertiary/aromatic N) is 2. The molecule has 2 aromatic heterocycles. The first kappa shape index (κ1) is 21.4. The Hall–Kier alpha value is -3.49. The molecule has 0 radical (unpaired) electrons. The Balaban J connectivity index is 1.23. The highest BCUT2D eigenvalue weighted by Gasteiger charge is 2.28. The zero-order valence-electron chi connectivity index (χ0n) is 18.0. The number of rotatable bonds is 6. The molecule has 3 heterocycles. The number of aromatic nitrogens is 3. The number of aromatic amines is 1. The number of H-pyrrole nitrogens is 1. The van der Waals surface area contributed by atoms with Crippen molar-refractivity contribution in [3.8, 4) is 0 Å². The molecule has 8 heteroatoms. The molecule has 3 N–H and O–H groups in total. The van der Waals surface area contributed by atoms with Gasteiger partial charge in [0.1, 0.15) is 0 Å². The average Bonchev–Trinajstić information content (AvgIpc) is 3.33. The third-order valence-electron chi connectivity index (χ3n) is 5.88. The molecule has 33 heavy (non-hydrogen) atoms. The fourth-order valence-electron chi connectivity index (χ4n) is 4.01. The van der Waals surface area contributed by atoms with Gasteiger partial charge in [-0.2, -0.15) is 0 Å². The summed E-state index contributed by atoms with van der Waals surface area (Å²) in [6.45, 7) is 1.49. The Morgan fingerprint density at radius 1 is 0.909 bits per heavy atom. The zero-order chi connectivity index (χ0) is 22.7. The van der Waals surface area contributed by atoms with Gasteiger partial charge in [-0.15, -0.1) is 0 Å². The smallest absolute Gasteiger partial charge is 0.227 e. The Kier molecular flexibility index (Phi) is 5.93. The summed E-state index contributed by atoms with van der Waals surface area (Å²) in [6.07, 6.45) is 10.7. The van der Waals surface area contributed by atoms with Crippen LogP contribution in [0.25, 0.3) is 23.1 Å². The maximum atomic E-state index is 12.8. The van der Waals surface area contributed by atoms with Gasteiger partial charge in [0, 0.05) is 35.4 Å². The minimum absolute atomic E-state index is 0.313. The Morgan fingerprint density at radius 2 is 1.64 bits per heavy atom. The Labute approximate surface area is 192 Å². The molecule has 168 valence electrons. The zero-order valence-corrected chi connectivity index (χ0v) is 18.8. The predicted molar refractivity (Wildman–Crippen MR) is 132 cm³/mol. The fourth-order valence-corrected chi connectivity index (χ4v) is 5.77. The SMILES string of the molecule is O=S(=O)(c1ccc(Nc2ncc(/C=C/c3ccc4[nH]ccc4c3)cn2)cc1)C1CCNCC1. The van der Waals surface area contributed by atoms with Crippen molar-refractivity contribution >= 4 is 44.5 Å². The summed E-state index contributed by atoms with van der Waals surface area (Å²) in [7, 11) is -3.30. The van der Waals surface area contributed by atoms with Crippen molar-refractivity contribution in [3.05, 3.63) is 78.2 Å². The van der Waals surface area contributed by atoms with E-state index in [0.29, 0.717) is 23.7 Å². The lowest BCUT2D eigenvalue weighted by molar-refractivity contribution is 0.496. The molecular weight excluding hydrogens is 434 g/mol. The molecule has 0 aliphatic carbocycles. The van der Waals surface area contributed by atoms with Crippen LogP contribution in [0, 0.1) is 0 Å². The average molecular weight is 460 g/mol. The Bertz CT molecular complexity index is 1370. The van der Waals surface area contributed by atoms with Crippen LogP contribution >= 0.6 is 0 Å². The van der Waals surface area contributed by atoms with Gasteiger partial charge >= 0.3 is 0 Å². The number of hydrogen-bond acceptors (Lipinski definition) is 6. The summed E-state index contributed by atoms with van der Waals surface area (Å²) in [4.78, 5) is 12.3. The maximum Gasteiger partial charge on any atom is 0.227 e. The number of piperidine rings is 1. The third-order valence-corrected chi connectivity index (χ3v) is 8.16. The van der Waals surface area contributed by atoms with Crippen LogP contribution in [0.15, 0.2) is 72.0 Å². The fraction of sp³-hybridized carbons (Fsp3) is 0.200. The van der Waals surface area contributed by atoms with Gasteiger partial charge in [0.2, 0.25) is 5.95 Å². The molecule has 1 aliphatic heterocycles. The summed E-state index contributed by atoms with van der Waals surface area (Å²) in [6, 6.07) is 15.1. The van der Waals surface area contributed by atoms with Crippen molar-refractivity contribution in [3.63, 3.8) is 0 Å². The van der Waals surface area contributed by atoms with Crippen molar-refractivity contribution in [2.45, 2.75) is 23.0 Å². The molecule has 0 saturated carbocycles. The topological polar surface area (TPSA) is 99.8 Å². The van der Waals surface area contributed by atoms with E-state index in [0.717, 1.165) is 35.4 Å². The molecule has 0 atom stereocenters.